The largest absolute Gasteiger partial charge is 0.478 e. The molecule has 1 heterocycles. The summed E-state index contributed by atoms with van der Waals surface area (Å²) in [6, 6.07) is 11.5. The Morgan fingerprint density at radius 1 is 1.20 bits per heavy atom. The predicted molar refractivity (Wildman–Crippen MR) is 96.5 cm³/mol. The second-order valence-corrected chi connectivity index (χ2v) is 5.88. The Kier molecular flexibility index (Phi) is 4.54. The molecule has 0 spiro atoms. The van der Waals surface area contributed by atoms with Gasteiger partial charge in [0.25, 0.3) is 5.91 Å². The number of carboxylic acids is 1. The number of halogens is 1. The number of aryl methyl sites for hydroxylation is 1. The van der Waals surface area contributed by atoms with Crippen molar-refractivity contribution in [1.29, 1.82) is 0 Å². The molecular weight excluding hydrogens is 342 g/mol. The fraction of sp³-hybridized carbons (Fsp3) is 0.0556. The van der Waals surface area contributed by atoms with Gasteiger partial charge in [-0.05, 0) is 48.4 Å². The number of hydrazone groups is 1. The van der Waals surface area contributed by atoms with Crippen molar-refractivity contribution in [2.24, 2.45) is 5.10 Å². The lowest BCUT2D eigenvalue weighted by atomic mass is 10.1. The average Bonchev–Trinajstić information content (AvgIpc) is 2.92. The number of carbonyl (C=O) groups excluding carboxylic acids is 1. The fourth-order valence-corrected chi connectivity index (χ4v) is 2.63. The molecule has 6 nitrogen and oxygen atoms in total. The molecular formula is C18H14ClN3O3. The van der Waals surface area contributed by atoms with Crippen molar-refractivity contribution < 1.29 is 14.7 Å². The smallest absolute Gasteiger partial charge is 0.335 e. The maximum atomic E-state index is 12.3. The average molecular weight is 356 g/mol. The Bertz CT molecular complexity index is 991. The van der Waals surface area contributed by atoms with Gasteiger partial charge in [-0.2, -0.15) is 5.10 Å². The van der Waals surface area contributed by atoms with Gasteiger partial charge in [0.2, 0.25) is 0 Å². The number of aromatic amines is 1. The van der Waals surface area contributed by atoms with Crippen LogP contribution in [-0.4, -0.2) is 28.2 Å². The van der Waals surface area contributed by atoms with Gasteiger partial charge in [-0.25, -0.2) is 10.2 Å². The van der Waals surface area contributed by atoms with Crippen LogP contribution in [0.1, 0.15) is 32.0 Å². The Hall–Kier alpha value is -3.12. The number of hydrogen-bond acceptors (Lipinski definition) is 3. The maximum Gasteiger partial charge on any atom is 0.335 e. The van der Waals surface area contributed by atoms with E-state index in [-0.39, 0.29) is 11.5 Å². The lowest BCUT2D eigenvalue weighted by Crippen LogP contribution is -2.18. The lowest BCUT2D eigenvalue weighted by molar-refractivity contribution is 0.0696. The van der Waals surface area contributed by atoms with Gasteiger partial charge in [0.1, 0.15) is 5.69 Å². The van der Waals surface area contributed by atoms with Gasteiger partial charge in [0.15, 0.2) is 0 Å². The highest BCUT2D eigenvalue weighted by Crippen LogP contribution is 2.24. The molecule has 0 bridgehead atoms. The summed E-state index contributed by atoms with van der Waals surface area (Å²) < 4.78 is 0. The number of fused-ring (bicyclic) bond motifs is 1. The molecule has 0 radical (unpaired) electrons. The van der Waals surface area contributed by atoms with Gasteiger partial charge in [-0.1, -0.05) is 23.7 Å². The summed E-state index contributed by atoms with van der Waals surface area (Å²) in [5.74, 6) is -1.37. The van der Waals surface area contributed by atoms with Crippen LogP contribution in [0.3, 0.4) is 0 Å². The summed E-state index contributed by atoms with van der Waals surface area (Å²) in [5, 5.41) is 14.2. The molecule has 3 rings (SSSR count). The standard InChI is InChI=1S/C18H14ClN3O3/c1-10-14-8-13(19)6-7-15(14)21-16(10)17(23)22-20-9-11-2-4-12(5-3-11)18(24)25/h2-9,21H,1H3,(H,22,23)(H,24,25)/b20-9+. The third-order valence-electron chi connectivity index (χ3n) is 3.78. The van der Waals surface area contributed by atoms with E-state index in [0.29, 0.717) is 16.3 Å². The summed E-state index contributed by atoms with van der Waals surface area (Å²) in [4.78, 5) is 26.1. The van der Waals surface area contributed by atoms with Crippen LogP contribution in [0.25, 0.3) is 10.9 Å². The van der Waals surface area contributed by atoms with Gasteiger partial charge in [0.05, 0.1) is 11.8 Å². The van der Waals surface area contributed by atoms with Gasteiger partial charge in [-0.15, -0.1) is 0 Å². The zero-order valence-corrected chi connectivity index (χ0v) is 14.0. The summed E-state index contributed by atoms with van der Waals surface area (Å²) in [7, 11) is 0. The van der Waals surface area contributed by atoms with Crippen LogP contribution in [-0.2, 0) is 0 Å². The molecule has 126 valence electrons. The van der Waals surface area contributed by atoms with Gasteiger partial charge < -0.3 is 10.1 Å². The van der Waals surface area contributed by atoms with Crippen LogP contribution in [0.4, 0.5) is 0 Å². The summed E-state index contributed by atoms with van der Waals surface area (Å²) in [5.41, 5.74) is 5.33. The second-order valence-electron chi connectivity index (χ2n) is 5.44. The van der Waals surface area contributed by atoms with E-state index < -0.39 is 5.97 Å². The first-order valence-electron chi connectivity index (χ1n) is 7.40. The van der Waals surface area contributed by atoms with Gasteiger partial charge >= 0.3 is 5.97 Å². The normalized spacial score (nSPS) is 11.1. The summed E-state index contributed by atoms with van der Waals surface area (Å²) in [6.07, 6.45) is 1.44. The van der Waals surface area contributed by atoms with Crippen molar-refractivity contribution in [3.63, 3.8) is 0 Å². The van der Waals surface area contributed by atoms with Crippen molar-refractivity contribution in [2.75, 3.05) is 0 Å². The van der Waals surface area contributed by atoms with E-state index in [1.54, 1.807) is 24.3 Å². The van der Waals surface area contributed by atoms with E-state index in [1.165, 1.54) is 18.3 Å². The number of aromatic carboxylic acids is 1. The lowest BCUT2D eigenvalue weighted by Gasteiger charge is -1.99. The number of aromatic nitrogens is 1. The number of amides is 1. The molecule has 3 aromatic rings. The minimum atomic E-state index is -0.994. The molecule has 0 atom stereocenters. The number of carbonyl (C=O) groups is 2. The molecule has 0 saturated carbocycles. The highest BCUT2D eigenvalue weighted by atomic mass is 35.5. The van der Waals surface area contributed by atoms with Crippen molar-refractivity contribution in [3.8, 4) is 0 Å². The topological polar surface area (TPSA) is 94.6 Å². The number of benzene rings is 2. The first kappa shape index (κ1) is 16.7. The van der Waals surface area contributed by atoms with E-state index >= 15 is 0 Å². The Morgan fingerprint density at radius 3 is 2.60 bits per heavy atom. The Balaban J connectivity index is 1.74. The number of carboxylic acid groups (broad SMARTS) is 1. The fourth-order valence-electron chi connectivity index (χ4n) is 2.46. The zero-order valence-electron chi connectivity index (χ0n) is 13.2. The van der Waals surface area contributed by atoms with Crippen LogP contribution in [0, 0.1) is 6.92 Å². The van der Waals surface area contributed by atoms with Gasteiger partial charge in [-0.3, -0.25) is 4.79 Å². The number of rotatable bonds is 4. The Morgan fingerprint density at radius 2 is 1.92 bits per heavy atom. The van der Waals surface area contributed by atoms with Crippen LogP contribution >= 0.6 is 11.6 Å². The van der Waals surface area contributed by atoms with Crippen LogP contribution in [0.15, 0.2) is 47.6 Å². The molecule has 7 heteroatoms. The molecule has 0 aliphatic heterocycles. The predicted octanol–water partition coefficient (Wildman–Crippen LogP) is 3.59. The Labute approximate surface area is 148 Å². The van der Waals surface area contributed by atoms with Gasteiger partial charge in [0, 0.05) is 15.9 Å². The van der Waals surface area contributed by atoms with E-state index in [0.717, 1.165) is 16.5 Å². The van der Waals surface area contributed by atoms with Crippen molar-refractivity contribution in [3.05, 3.63) is 69.9 Å². The van der Waals surface area contributed by atoms with Crippen molar-refractivity contribution in [2.45, 2.75) is 6.92 Å². The number of H-pyrrole nitrogens is 1. The number of nitrogens with zero attached hydrogens (tertiary/aromatic N) is 1. The molecule has 2 aromatic carbocycles. The zero-order chi connectivity index (χ0) is 18.0. The molecule has 0 fully saturated rings. The van der Waals surface area contributed by atoms with Crippen LogP contribution in [0.5, 0.6) is 0 Å². The third-order valence-corrected chi connectivity index (χ3v) is 4.02. The molecule has 0 aliphatic carbocycles. The first-order chi connectivity index (χ1) is 12.0. The molecule has 25 heavy (non-hydrogen) atoms. The molecule has 3 N–H and O–H groups in total. The van der Waals surface area contributed by atoms with Crippen LogP contribution in [0.2, 0.25) is 5.02 Å². The monoisotopic (exact) mass is 355 g/mol. The number of hydrogen-bond donors (Lipinski definition) is 3. The van der Waals surface area contributed by atoms with E-state index in [9.17, 15) is 9.59 Å². The molecule has 0 aliphatic rings. The maximum absolute atomic E-state index is 12.3. The SMILES string of the molecule is Cc1c(C(=O)N/N=C/c2ccc(C(=O)O)cc2)[nH]c2ccc(Cl)cc12. The quantitative estimate of drug-likeness (QED) is 0.493. The highest BCUT2D eigenvalue weighted by Gasteiger charge is 2.14. The first-order valence-corrected chi connectivity index (χ1v) is 7.78. The minimum absolute atomic E-state index is 0.188. The summed E-state index contributed by atoms with van der Waals surface area (Å²) in [6.45, 7) is 1.83. The molecule has 1 amide bonds. The summed E-state index contributed by atoms with van der Waals surface area (Å²) >= 11 is 5.99. The number of nitrogens with one attached hydrogen (secondary N) is 2. The highest BCUT2D eigenvalue weighted by molar-refractivity contribution is 6.31. The minimum Gasteiger partial charge on any atom is -0.478 e. The van der Waals surface area contributed by atoms with Crippen molar-refractivity contribution >= 4 is 40.6 Å². The second kappa shape index (κ2) is 6.78. The molecule has 0 unspecified atom stereocenters. The van der Waals surface area contributed by atoms with E-state index in [4.69, 9.17) is 16.7 Å². The van der Waals surface area contributed by atoms with E-state index in [1.807, 2.05) is 13.0 Å². The van der Waals surface area contributed by atoms with E-state index in [2.05, 4.69) is 15.5 Å². The molecule has 1 aromatic heterocycles. The van der Waals surface area contributed by atoms with Crippen molar-refractivity contribution in [1.82, 2.24) is 10.4 Å². The molecule has 0 saturated heterocycles. The van der Waals surface area contributed by atoms with Crippen LogP contribution < -0.4 is 5.43 Å². The third kappa shape index (κ3) is 3.54.